The zero-order valence-corrected chi connectivity index (χ0v) is 12.0. The minimum Gasteiger partial charge on any atom is -0.312 e. The van der Waals surface area contributed by atoms with Gasteiger partial charge in [0, 0.05) is 6.54 Å². The van der Waals surface area contributed by atoms with Gasteiger partial charge in [-0.2, -0.15) is 0 Å². The summed E-state index contributed by atoms with van der Waals surface area (Å²) in [5.74, 6) is 1.04. The fraction of sp³-hybridized carbons (Fsp3) is 0.600. The van der Waals surface area contributed by atoms with Gasteiger partial charge >= 0.3 is 0 Å². The third kappa shape index (κ3) is 3.18. The molecule has 0 saturated carbocycles. The Bertz CT molecular complexity index is 566. The number of fused-ring (bicyclic) bond motifs is 1. The van der Waals surface area contributed by atoms with Gasteiger partial charge in [0.2, 0.25) is 0 Å². The molecule has 0 amide bonds. The first-order valence-corrected chi connectivity index (χ1v) is 8.96. The molecule has 0 aromatic heterocycles. The molecular weight excluding hydrogens is 258 g/mol. The Hall–Kier alpha value is -0.870. The van der Waals surface area contributed by atoms with Crippen LogP contribution in [0.4, 0.5) is 0 Å². The van der Waals surface area contributed by atoms with Crippen LogP contribution in [-0.2, 0) is 29.2 Å². The quantitative estimate of drug-likeness (QED) is 0.912. The van der Waals surface area contributed by atoms with Crippen molar-refractivity contribution in [3.8, 4) is 0 Å². The number of aryl methyl sites for hydroxylation is 2. The Morgan fingerprint density at radius 3 is 2.84 bits per heavy atom. The van der Waals surface area contributed by atoms with E-state index in [0.29, 0.717) is 17.4 Å². The molecule has 0 bridgehead atoms. The van der Waals surface area contributed by atoms with Crippen LogP contribution < -0.4 is 5.32 Å². The van der Waals surface area contributed by atoms with E-state index in [9.17, 15) is 8.42 Å². The second-order valence-electron chi connectivity index (χ2n) is 5.86. The highest BCUT2D eigenvalue weighted by molar-refractivity contribution is 7.91. The molecule has 104 valence electrons. The highest BCUT2D eigenvalue weighted by atomic mass is 32.2. The maximum absolute atomic E-state index is 11.4. The minimum atomic E-state index is -2.74. The molecule has 0 spiro atoms. The highest BCUT2D eigenvalue weighted by Crippen LogP contribution is 2.23. The first-order valence-electron chi connectivity index (χ1n) is 7.14. The average Bonchev–Trinajstić information content (AvgIpc) is 2.95. The summed E-state index contributed by atoms with van der Waals surface area (Å²) < 4.78 is 22.7. The lowest BCUT2D eigenvalue weighted by Crippen LogP contribution is -2.23. The van der Waals surface area contributed by atoms with E-state index in [0.717, 1.165) is 19.5 Å². The predicted molar refractivity (Wildman–Crippen MR) is 76.9 cm³/mol. The normalized spacial score (nSPS) is 24.5. The first kappa shape index (κ1) is 13.1. The van der Waals surface area contributed by atoms with Gasteiger partial charge in [-0.3, -0.25) is 0 Å². The van der Waals surface area contributed by atoms with Crippen molar-refractivity contribution >= 4 is 9.84 Å². The molecule has 1 atom stereocenters. The van der Waals surface area contributed by atoms with Crippen LogP contribution in [0.25, 0.3) is 0 Å². The zero-order valence-electron chi connectivity index (χ0n) is 11.2. The Morgan fingerprint density at radius 2 is 2.05 bits per heavy atom. The number of benzene rings is 1. The Kier molecular flexibility index (Phi) is 3.63. The largest absolute Gasteiger partial charge is 0.312 e. The Morgan fingerprint density at radius 1 is 1.21 bits per heavy atom. The van der Waals surface area contributed by atoms with E-state index < -0.39 is 9.84 Å². The van der Waals surface area contributed by atoms with Crippen LogP contribution in [0.5, 0.6) is 0 Å². The molecule has 19 heavy (non-hydrogen) atoms. The van der Waals surface area contributed by atoms with Crippen molar-refractivity contribution in [2.24, 2.45) is 5.92 Å². The monoisotopic (exact) mass is 279 g/mol. The number of nitrogens with one attached hydrogen (secondary N) is 1. The van der Waals surface area contributed by atoms with Gasteiger partial charge < -0.3 is 5.32 Å². The van der Waals surface area contributed by atoms with Crippen molar-refractivity contribution in [2.45, 2.75) is 32.2 Å². The summed E-state index contributed by atoms with van der Waals surface area (Å²) in [6, 6.07) is 6.75. The SMILES string of the molecule is O=S1(=O)CCC(CNCc2ccc3c(c2)CCC3)C1. The van der Waals surface area contributed by atoms with Gasteiger partial charge in [-0.1, -0.05) is 18.2 Å². The molecule has 0 radical (unpaired) electrons. The molecule has 1 fully saturated rings. The van der Waals surface area contributed by atoms with Crippen molar-refractivity contribution in [2.75, 3.05) is 18.1 Å². The van der Waals surface area contributed by atoms with Crippen molar-refractivity contribution in [3.63, 3.8) is 0 Å². The van der Waals surface area contributed by atoms with Crippen LogP contribution in [0.3, 0.4) is 0 Å². The van der Waals surface area contributed by atoms with Gasteiger partial charge in [0.1, 0.15) is 0 Å². The van der Waals surface area contributed by atoms with Crippen molar-refractivity contribution in [1.82, 2.24) is 5.32 Å². The lowest BCUT2D eigenvalue weighted by atomic mass is 10.1. The topological polar surface area (TPSA) is 46.2 Å². The van der Waals surface area contributed by atoms with Crippen LogP contribution in [0.1, 0.15) is 29.5 Å². The van der Waals surface area contributed by atoms with E-state index in [2.05, 4.69) is 23.5 Å². The van der Waals surface area contributed by atoms with Crippen LogP contribution in [0.15, 0.2) is 18.2 Å². The molecule has 3 nitrogen and oxygen atoms in total. The minimum absolute atomic E-state index is 0.305. The maximum Gasteiger partial charge on any atom is 0.150 e. The average molecular weight is 279 g/mol. The lowest BCUT2D eigenvalue weighted by molar-refractivity contribution is 0.521. The molecule has 1 aromatic carbocycles. The number of hydrogen-bond acceptors (Lipinski definition) is 3. The molecule has 1 N–H and O–H groups in total. The van der Waals surface area contributed by atoms with Gasteiger partial charge in [0.05, 0.1) is 11.5 Å². The molecule has 1 aliphatic carbocycles. The summed E-state index contributed by atoms with van der Waals surface area (Å²) >= 11 is 0. The van der Waals surface area contributed by atoms with Gasteiger partial charge in [0.25, 0.3) is 0 Å². The summed E-state index contributed by atoms with van der Waals surface area (Å²) in [6.07, 6.45) is 4.54. The standard InChI is InChI=1S/C15H21NO2S/c17-19(18)7-6-13(11-19)10-16-9-12-4-5-14-2-1-3-15(14)8-12/h4-5,8,13,16H,1-3,6-7,9-11H2. The first-order chi connectivity index (χ1) is 9.12. The Labute approximate surface area is 115 Å². The van der Waals surface area contributed by atoms with Crippen molar-refractivity contribution in [3.05, 3.63) is 34.9 Å². The maximum atomic E-state index is 11.4. The van der Waals surface area contributed by atoms with Gasteiger partial charge in [-0.05, 0) is 54.8 Å². The molecule has 1 aliphatic heterocycles. The summed E-state index contributed by atoms with van der Waals surface area (Å²) in [7, 11) is -2.74. The Balaban J connectivity index is 1.50. The van der Waals surface area contributed by atoms with E-state index in [1.165, 1.54) is 36.0 Å². The fourth-order valence-electron chi connectivity index (χ4n) is 3.19. The molecule has 1 heterocycles. The van der Waals surface area contributed by atoms with Gasteiger partial charge in [-0.25, -0.2) is 8.42 Å². The van der Waals surface area contributed by atoms with Crippen LogP contribution in [-0.4, -0.2) is 26.5 Å². The van der Waals surface area contributed by atoms with Crippen molar-refractivity contribution < 1.29 is 8.42 Å². The van der Waals surface area contributed by atoms with Crippen LogP contribution in [0.2, 0.25) is 0 Å². The third-order valence-electron chi connectivity index (χ3n) is 4.25. The van der Waals surface area contributed by atoms with E-state index in [4.69, 9.17) is 0 Å². The number of sulfone groups is 1. The molecule has 2 aliphatic rings. The summed E-state index contributed by atoms with van der Waals surface area (Å²) in [6.45, 7) is 1.67. The summed E-state index contributed by atoms with van der Waals surface area (Å²) in [5, 5.41) is 3.41. The summed E-state index contributed by atoms with van der Waals surface area (Å²) in [5.41, 5.74) is 4.33. The summed E-state index contributed by atoms with van der Waals surface area (Å²) in [4.78, 5) is 0. The van der Waals surface area contributed by atoms with E-state index in [-0.39, 0.29) is 0 Å². The van der Waals surface area contributed by atoms with E-state index >= 15 is 0 Å². The van der Waals surface area contributed by atoms with E-state index in [1.807, 2.05) is 0 Å². The van der Waals surface area contributed by atoms with Crippen LogP contribution in [0, 0.1) is 5.92 Å². The smallest absolute Gasteiger partial charge is 0.150 e. The molecule has 3 rings (SSSR count). The van der Waals surface area contributed by atoms with E-state index in [1.54, 1.807) is 0 Å². The molecule has 1 saturated heterocycles. The predicted octanol–water partition coefficient (Wildman–Crippen LogP) is 1.70. The van der Waals surface area contributed by atoms with Crippen LogP contribution >= 0.6 is 0 Å². The molecule has 4 heteroatoms. The number of hydrogen-bond donors (Lipinski definition) is 1. The second-order valence-corrected chi connectivity index (χ2v) is 8.09. The molecule has 1 unspecified atom stereocenters. The highest BCUT2D eigenvalue weighted by Gasteiger charge is 2.27. The molecular formula is C15H21NO2S. The second kappa shape index (κ2) is 5.25. The fourth-order valence-corrected chi connectivity index (χ4v) is 5.05. The van der Waals surface area contributed by atoms with Crippen molar-refractivity contribution in [1.29, 1.82) is 0 Å². The number of rotatable bonds is 4. The zero-order chi connectivity index (χ0) is 13.3. The van der Waals surface area contributed by atoms with Gasteiger partial charge in [0.15, 0.2) is 9.84 Å². The lowest BCUT2D eigenvalue weighted by Gasteiger charge is -2.10. The van der Waals surface area contributed by atoms with Gasteiger partial charge in [-0.15, -0.1) is 0 Å². The molecule has 1 aromatic rings. The third-order valence-corrected chi connectivity index (χ3v) is 6.09.